The molecule has 1 aliphatic heterocycles. The van der Waals surface area contributed by atoms with E-state index >= 15 is 0 Å². The Kier molecular flexibility index (Phi) is 3.71. The number of hydrogen-bond donors (Lipinski definition) is 0. The van der Waals surface area contributed by atoms with E-state index in [1.807, 2.05) is 4.90 Å². The summed E-state index contributed by atoms with van der Waals surface area (Å²) in [7, 11) is 1.60. The van der Waals surface area contributed by atoms with Crippen molar-refractivity contribution < 1.29 is 9.53 Å². The van der Waals surface area contributed by atoms with Crippen molar-refractivity contribution in [2.24, 2.45) is 5.92 Å². The first-order chi connectivity index (χ1) is 9.78. The smallest absolute Gasteiger partial charge is 0.225 e. The highest BCUT2D eigenvalue weighted by Gasteiger charge is 2.34. The van der Waals surface area contributed by atoms with Gasteiger partial charge in [-0.1, -0.05) is 0 Å². The van der Waals surface area contributed by atoms with Crippen LogP contribution in [0.4, 0.5) is 5.95 Å². The Morgan fingerprint density at radius 1 is 1.20 bits per heavy atom. The largest absolute Gasteiger partial charge is 0.494 e. The predicted octanol–water partition coefficient (Wildman–Crippen LogP) is 0.934. The molecule has 0 unspecified atom stereocenters. The number of anilines is 1. The average molecular weight is 276 g/mol. The molecule has 20 heavy (non-hydrogen) atoms. The highest BCUT2D eigenvalue weighted by Crippen LogP contribution is 2.31. The van der Waals surface area contributed by atoms with Crippen molar-refractivity contribution >= 4 is 11.9 Å². The van der Waals surface area contributed by atoms with Crippen molar-refractivity contribution in [1.29, 1.82) is 0 Å². The molecule has 1 saturated carbocycles. The first-order valence-electron chi connectivity index (χ1n) is 7.17. The van der Waals surface area contributed by atoms with E-state index < -0.39 is 0 Å². The lowest BCUT2D eigenvalue weighted by molar-refractivity contribution is -0.132. The minimum Gasteiger partial charge on any atom is -0.494 e. The fourth-order valence-electron chi connectivity index (χ4n) is 2.50. The molecule has 2 fully saturated rings. The summed E-state index contributed by atoms with van der Waals surface area (Å²) < 4.78 is 5.07. The molecule has 1 aliphatic carbocycles. The molecule has 0 spiro atoms. The first-order valence-corrected chi connectivity index (χ1v) is 7.17. The van der Waals surface area contributed by atoms with Gasteiger partial charge in [0.2, 0.25) is 11.9 Å². The monoisotopic (exact) mass is 276 g/mol. The summed E-state index contributed by atoms with van der Waals surface area (Å²) in [6, 6.07) is 0. The Bertz CT molecular complexity index is 473. The summed E-state index contributed by atoms with van der Waals surface area (Å²) in [5, 5.41) is 0. The molecule has 2 aliphatic rings. The molecule has 6 heteroatoms. The third-order valence-electron chi connectivity index (χ3n) is 3.87. The standard InChI is InChI=1S/C14H20N4O2/c1-20-12-9-15-14(16-10-12)18-6-2-5-17(7-8-18)13(19)11-3-4-11/h9-11H,2-8H2,1H3. The van der Waals surface area contributed by atoms with Gasteiger partial charge >= 0.3 is 0 Å². The zero-order valence-corrected chi connectivity index (χ0v) is 11.8. The second kappa shape index (κ2) is 5.64. The summed E-state index contributed by atoms with van der Waals surface area (Å²) >= 11 is 0. The molecule has 6 nitrogen and oxygen atoms in total. The molecular formula is C14H20N4O2. The minimum absolute atomic E-state index is 0.304. The van der Waals surface area contributed by atoms with E-state index in [1.54, 1.807) is 19.5 Å². The highest BCUT2D eigenvalue weighted by molar-refractivity contribution is 5.81. The van der Waals surface area contributed by atoms with E-state index in [0.29, 0.717) is 23.5 Å². The Balaban J connectivity index is 1.62. The van der Waals surface area contributed by atoms with Gasteiger partial charge < -0.3 is 14.5 Å². The van der Waals surface area contributed by atoms with Crippen LogP contribution in [0, 0.1) is 5.92 Å². The Morgan fingerprint density at radius 2 is 1.95 bits per heavy atom. The van der Waals surface area contributed by atoms with Crippen LogP contribution in [0.5, 0.6) is 5.75 Å². The average Bonchev–Trinajstić information content (AvgIpc) is 3.33. The number of hydrogen-bond acceptors (Lipinski definition) is 5. The summed E-state index contributed by atoms with van der Waals surface area (Å²) in [6.07, 6.45) is 6.47. The normalized spacial score (nSPS) is 19.6. The lowest BCUT2D eigenvalue weighted by Crippen LogP contribution is -2.36. The number of carbonyl (C=O) groups is 1. The molecule has 1 amide bonds. The Hall–Kier alpha value is -1.85. The van der Waals surface area contributed by atoms with E-state index in [2.05, 4.69) is 14.9 Å². The predicted molar refractivity (Wildman–Crippen MR) is 74.7 cm³/mol. The van der Waals surface area contributed by atoms with E-state index in [1.165, 1.54) is 0 Å². The maximum atomic E-state index is 12.1. The van der Waals surface area contributed by atoms with E-state index in [9.17, 15) is 4.79 Å². The number of rotatable bonds is 3. The molecule has 0 aromatic carbocycles. The van der Waals surface area contributed by atoms with Crippen molar-refractivity contribution in [3.05, 3.63) is 12.4 Å². The molecule has 1 saturated heterocycles. The van der Waals surface area contributed by atoms with Gasteiger partial charge in [0.25, 0.3) is 0 Å². The molecule has 0 N–H and O–H groups in total. The summed E-state index contributed by atoms with van der Waals surface area (Å²) in [6.45, 7) is 3.30. The van der Waals surface area contributed by atoms with Crippen LogP contribution in [-0.2, 0) is 4.79 Å². The quantitative estimate of drug-likeness (QED) is 0.822. The number of ether oxygens (including phenoxy) is 1. The van der Waals surface area contributed by atoms with Crippen molar-refractivity contribution in [2.75, 3.05) is 38.2 Å². The van der Waals surface area contributed by atoms with Gasteiger partial charge in [0.1, 0.15) is 0 Å². The lowest BCUT2D eigenvalue weighted by atomic mass is 10.3. The third-order valence-corrected chi connectivity index (χ3v) is 3.87. The van der Waals surface area contributed by atoms with Crippen molar-refractivity contribution in [1.82, 2.24) is 14.9 Å². The second-order valence-electron chi connectivity index (χ2n) is 5.36. The number of carbonyl (C=O) groups excluding carboxylic acids is 1. The lowest BCUT2D eigenvalue weighted by Gasteiger charge is -2.22. The zero-order chi connectivity index (χ0) is 13.9. The van der Waals surface area contributed by atoms with Gasteiger partial charge in [0.15, 0.2) is 5.75 Å². The molecule has 0 radical (unpaired) electrons. The fourth-order valence-corrected chi connectivity index (χ4v) is 2.50. The Morgan fingerprint density at radius 3 is 2.60 bits per heavy atom. The van der Waals surface area contributed by atoms with Crippen LogP contribution >= 0.6 is 0 Å². The third kappa shape index (κ3) is 2.84. The fraction of sp³-hybridized carbons (Fsp3) is 0.643. The van der Waals surface area contributed by atoms with E-state index in [0.717, 1.165) is 45.4 Å². The Labute approximate surface area is 118 Å². The number of nitrogens with zero attached hydrogens (tertiary/aromatic N) is 4. The molecular weight excluding hydrogens is 256 g/mol. The molecule has 1 aromatic rings. The van der Waals surface area contributed by atoms with Crippen LogP contribution in [0.1, 0.15) is 19.3 Å². The molecule has 0 atom stereocenters. The number of aromatic nitrogens is 2. The molecule has 0 bridgehead atoms. The number of methoxy groups -OCH3 is 1. The van der Waals surface area contributed by atoms with E-state index in [-0.39, 0.29) is 0 Å². The zero-order valence-electron chi connectivity index (χ0n) is 11.8. The van der Waals surface area contributed by atoms with Gasteiger partial charge in [-0.25, -0.2) is 9.97 Å². The summed E-state index contributed by atoms with van der Waals surface area (Å²) in [5.74, 6) is 2.02. The highest BCUT2D eigenvalue weighted by atomic mass is 16.5. The van der Waals surface area contributed by atoms with Gasteiger partial charge in [-0.2, -0.15) is 0 Å². The van der Waals surface area contributed by atoms with Crippen LogP contribution < -0.4 is 9.64 Å². The van der Waals surface area contributed by atoms with Gasteiger partial charge in [-0.3, -0.25) is 4.79 Å². The molecule has 1 aromatic heterocycles. The minimum atomic E-state index is 0.304. The van der Waals surface area contributed by atoms with Gasteiger partial charge in [-0.05, 0) is 19.3 Å². The topological polar surface area (TPSA) is 58.6 Å². The van der Waals surface area contributed by atoms with Crippen LogP contribution in [0.3, 0.4) is 0 Å². The maximum Gasteiger partial charge on any atom is 0.225 e. The van der Waals surface area contributed by atoms with Crippen LogP contribution in [0.15, 0.2) is 12.4 Å². The first kappa shape index (κ1) is 13.1. The van der Waals surface area contributed by atoms with Crippen LogP contribution in [0.2, 0.25) is 0 Å². The maximum absolute atomic E-state index is 12.1. The van der Waals surface area contributed by atoms with Gasteiger partial charge in [0, 0.05) is 32.1 Å². The second-order valence-corrected chi connectivity index (χ2v) is 5.36. The van der Waals surface area contributed by atoms with E-state index in [4.69, 9.17) is 4.74 Å². The van der Waals surface area contributed by atoms with Crippen molar-refractivity contribution in [2.45, 2.75) is 19.3 Å². The summed E-state index contributed by atoms with van der Waals surface area (Å²) in [4.78, 5) is 24.9. The van der Waals surface area contributed by atoms with Gasteiger partial charge in [0.05, 0.1) is 19.5 Å². The van der Waals surface area contributed by atoms with Crippen LogP contribution in [-0.4, -0.2) is 54.1 Å². The van der Waals surface area contributed by atoms with Gasteiger partial charge in [-0.15, -0.1) is 0 Å². The SMILES string of the molecule is COc1cnc(N2CCCN(C(=O)C3CC3)CC2)nc1. The van der Waals surface area contributed by atoms with Crippen LogP contribution in [0.25, 0.3) is 0 Å². The van der Waals surface area contributed by atoms with Crippen molar-refractivity contribution in [3.8, 4) is 5.75 Å². The molecule has 3 rings (SSSR count). The molecule has 108 valence electrons. The van der Waals surface area contributed by atoms with Crippen molar-refractivity contribution in [3.63, 3.8) is 0 Å². The summed E-state index contributed by atoms with van der Waals surface area (Å²) in [5.41, 5.74) is 0. The molecule has 2 heterocycles. The number of amides is 1.